The standard InChI is InChI=1S/C28H36N6O11S/c1-5-7-18-21-22(32(4)30-18)25(37)29-24(34(21)23(26(38)39)28(42,27(40)41)15-20(35)36)17-14-16(8-9-19(17)45-6-2)46(43,44)33-12-10-31(3)11-13-33/h8-9,14,23,42H,5-7,10-13,15H2,1-4H3,(H,35,36)(H,38,39)(H,40,41). The molecule has 18 heteroatoms. The zero-order valence-electron chi connectivity index (χ0n) is 25.7. The number of hydrogen-bond acceptors (Lipinski definition) is 11. The number of likely N-dealkylation sites (N-methyl/N-ethyl adjacent to an activating group) is 1. The molecule has 250 valence electrons. The van der Waals surface area contributed by atoms with Crippen LogP contribution in [0.5, 0.6) is 5.75 Å². The van der Waals surface area contributed by atoms with Crippen LogP contribution in [0.25, 0.3) is 22.4 Å². The molecule has 46 heavy (non-hydrogen) atoms. The Balaban J connectivity index is 2.17. The third kappa shape index (κ3) is 6.20. The van der Waals surface area contributed by atoms with E-state index >= 15 is 0 Å². The molecular formula is C28H36N6O11S. The predicted molar refractivity (Wildman–Crippen MR) is 161 cm³/mol. The largest absolute Gasteiger partial charge is 0.493 e. The Labute approximate surface area is 263 Å². The summed E-state index contributed by atoms with van der Waals surface area (Å²) in [6.45, 7) is 4.76. The summed E-state index contributed by atoms with van der Waals surface area (Å²) >= 11 is 0. The van der Waals surface area contributed by atoms with Gasteiger partial charge in [-0.05, 0) is 38.6 Å². The van der Waals surface area contributed by atoms with Gasteiger partial charge < -0.3 is 34.6 Å². The average molecular weight is 665 g/mol. The van der Waals surface area contributed by atoms with Gasteiger partial charge in [0.25, 0.3) is 5.56 Å². The summed E-state index contributed by atoms with van der Waals surface area (Å²) in [5, 5.41) is 45.8. The molecule has 17 nitrogen and oxygen atoms in total. The first-order chi connectivity index (χ1) is 21.6. The molecule has 0 amide bonds. The minimum atomic E-state index is -4.14. The lowest BCUT2D eigenvalue weighted by Crippen LogP contribution is -2.52. The van der Waals surface area contributed by atoms with Crippen molar-refractivity contribution in [2.24, 2.45) is 7.05 Å². The van der Waals surface area contributed by atoms with Gasteiger partial charge in [0.15, 0.2) is 11.6 Å². The van der Waals surface area contributed by atoms with Gasteiger partial charge in [0.2, 0.25) is 15.6 Å². The van der Waals surface area contributed by atoms with Crippen LogP contribution < -0.4 is 10.3 Å². The molecule has 3 aromatic rings. The number of carboxylic acids is 3. The Morgan fingerprint density at radius 3 is 2.24 bits per heavy atom. The van der Waals surface area contributed by atoms with Gasteiger partial charge in [-0.2, -0.15) is 14.4 Å². The molecule has 1 aliphatic rings. The Morgan fingerprint density at radius 1 is 1.04 bits per heavy atom. The molecule has 1 saturated heterocycles. The number of benzene rings is 1. The topological polar surface area (TPSA) is 235 Å². The fourth-order valence-corrected chi connectivity index (χ4v) is 7.02. The van der Waals surface area contributed by atoms with E-state index in [1.807, 2.05) is 11.9 Å². The summed E-state index contributed by atoms with van der Waals surface area (Å²) in [6, 6.07) is 1.12. The third-order valence-corrected chi connectivity index (χ3v) is 9.68. The second kappa shape index (κ2) is 13.1. The number of sulfonamides is 1. The summed E-state index contributed by atoms with van der Waals surface area (Å²) in [6.07, 6.45) is -0.948. The van der Waals surface area contributed by atoms with Gasteiger partial charge in [-0.3, -0.25) is 14.3 Å². The minimum Gasteiger partial charge on any atom is -0.493 e. The average Bonchev–Trinajstić information content (AvgIpc) is 3.30. The number of aryl methyl sites for hydroxylation is 2. The van der Waals surface area contributed by atoms with Crippen LogP contribution >= 0.6 is 0 Å². The van der Waals surface area contributed by atoms with Gasteiger partial charge in [0.1, 0.15) is 11.6 Å². The highest BCUT2D eigenvalue weighted by molar-refractivity contribution is 7.89. The van der Waals surface area contributed by atoms with Crippen LogP contribution in [-0.2, 0) is 37.9 Å². The quantitative estimate of drug-likeness (QED) is 0.188. The van der Waals surface area contributed by atoms with Crippen molar-refractivity contribution >= 4 is 39.0 Å². The van der Waals surface area contributed by atoms with E-state index in [2.05, 4.69) is 10.1 Å². The number of fused-ring (bicyclic) bond motifs is 1. The summed E-state index contributed by atoms with van der Waals surface area (Å²) in [4.78, 5) is 56.6. The lowest BCUT2D eigenvalue weighted by Gasteiger charge is -2.33. The van der Waals surface area contributed by atoms with Crippen molar-refractivity contribution < 1.29 is 48.0 Å². The lowest BCUT2D eigenvalue weighted by atomic mass is 9.89. The van der Waals surface area contributed by atoms with E-state index in [4.69, 9.17) is 4.74 Å². The third-order valence-electron chi connectivity index (χ3n) is 7.79. The molecule has 3 heterocycles. The zero-order chi connectivity index (χ0) is 34.1. The van der Waals surface area contributed by atoms with Crippen molar-refractivity contribution in [2.45, 2.75) is 49.6 Å². The number of hydrogen-bond donors (Lipinski definition) is 4. The van der Waals surface area contributed by atoms with Crippen molar-refractivity contribution in [1.82, 2.24) is 28.5 Å². The number of carbonyl (C=O) groups is 3. The molecular weight excluding hydrogens is 628 g/mol. The maximum absolute atomic E-state index is 13.8. The van der Waals surface area contributed by atoms with Crippen molar-refractivity contribution in [1.29, 1.82) is 0 Å². The van der Waals surface area contributed by atoms with Crippen molar-refractivity contribution in [3.05, 3.63) is 34.2 Å². The van der Waals surface area contributed by atoms with E-state index in [1.54, 1.807) is 13.8 Å². The maximum Gasteiger partial charge on any atom is 0.339 e. The van der Waals surface area contributed by atoms with Crippen molar-refractivity contribution in [2.75, 3.05) is 39.8 Å². The van der Waals surface area contributed by atoms with E-state index in [9.17, 15) is 48.0 Å². The van der Waals surface area contributed by atoms with Crippen LogP contribution in [0.1, 0.15) is 38.4 Å². The smallest absolute Gasteiger partial charge is 0.339 e. The number of aromatic nitrogens is 4. The molecule has 0 aliphatic carbocycles. The van der Waals surface area contributed by atoms with Crippen LogP contribution in [0.15, 0.2) is 27.9 Å². The number of nitrogens with zero attached hydrogens (tertiary/aromatic N) is 6. The van der Waals surface area contributed by atoms with Crippen LogP contribution in [0.3, 0.4) is 0 Å². The molecule has 2 aromatic heterocycles. The Bertz CT molecular complexity index is 1850. The maximum atomic E-state index is 13.8. The molecule has 1 aliphatic heterocycles. The van der Waals surface area contributed by atoms with Gasteiger partial charge in [-0.1, -0.05) is 13.3 Å². The van der Waals surface area contributed by atoms with Crippen LogP contribution in [0.2, 0.25) is 0 Å². The fraction of sp³-hybridized carbons (Fsp3) is 0.500. The second-order valence-electron chi connectivity index (χ2n) is 11.0. The van der Waals surface area contributed by atoms with E-state index in [1.165, 1.54) is 23.5 Å². The van der Waals surface area contributed by atoms with Gasteiger partial charge >= 0.3 is 17.9 Å². The number of carboxylic acid groups (broad SMARTS) is 3. The number of piperazine rings is 1. The van der Waals surface area contributed by atoms with E-state index < -0.39 is 57.4 Å². The first-order valence-corrected chi connectivity index (χ1v) is 15.9. The number of rotatable bonds is 13. The molecule has 0 spiro atoms. The van der Waals surface area contributed by atoms with Crippen LogP contribution in [0, 0.1) is 0 Å². The molecule has 1 fully saturated rings. The molecule has 1 aromatic carbocycles. The number of aliphatic hydroxyl groups is 1. The highest BCUT2D eigenvalue weighted by Gasteiger charge is 2.53. The Hall–Kier alpha value is -4.39. The first kappa shape index (κ1) is 34.5. The normalized spacial score (nSPS) is 16.6. The molecule has 4 N–H and O–H groups in total. The monoisotopic (exact) mass is 664 g/mol. The molecule has 2 atom stereocenters. The van der Waals surface area contributed by atoms with Gasteiger partial charge in [-0.25, -0.2) is 18.0 Å². The summed E-state index contributed by atoms with van der Waals surface area (Å²) in [5.41, 5.74) is -4.95. The first-order valence-electron chi connectivity index (χ1n) is 14.4. The van der Waals surface area contributed by atoms with Crippen LogP contribution in [-0.4, -0.2) is 121 Å². The predicted octanol–water partition coefficient (Wildman–Crippen LogP) is 0.000400. The van der Waals surface area contributed by atoms with E-state index in [0.29, 0.717) is 19.5 Å². The fourth-order valence-electron chi connectivity index (χ4n) is 5.57. The summed E-state index contributed by atoms with van der Waals surface area (Å²) in [5.74, 6) is -6.57. The number of ether oxygens (including phenoxy) is 1. The highest BCUT2D eigenvalue weighted by Crippen LogP contribution is 2.39. The number of aliphatic carboxylic acids is 3. The van der Waals surface area contributed by atoms with Gasteiger partial charge in [-0.15, -0.1) is 0 Å². The molecule has 0 bridgehead atoms. The summed E-state index contributed by atoms with van der Waals surface area (Å²) < 4.78 is 36.4. The van der Waals surface area contributed by atoms with Crippen molar-refractivity contribution in [3.63, 3.8) is 0 Å². The Kier molecular flexibility index (Phi) is 9.86. The lowest BCUT2D eigenvalue weighted by molar-refractivity contribution is -0.177. The molecule has 2 unspecified atom stereocenters. The second-order valence-corrected chi connectivity index (χ2v) is 12.9. The summed E-state index contributed by atoms with van der Waals surface area (Å²) in [7, 11) is -0.895. The van der Waals surface area contributed by atoms with Gasteiger partial charge in [0, 0.05) is 33.2 Å². The van der Waals surface area contributed by atoms with Crippen molar-refractivity contribution in [3.8, 4) is 17.1 Å². The highest BCUT2D eigenvalue weighted by atomic mass is 32.2. The zero-order valence-corrected chi connectivity index (χ0v) is 26.5. The van der Waals surface area contributed by atoms with Crippen LogP contribution in [0.4, 0.5) is 0 Å². The minimum absolute atomic E-state index is 0.0398. The van der Waals surface area contributed by atoms with E-state index in [0.717, 1.165) is 15.3 Å². The molecule has 0 radical (unpaired) electrons. The van der Waals surface area contributed by atoms with E-state index in [-0.39, 0.29) is 59.1 Å². The SMILES string of the molecule is CCCc1nn(C)c2c(=O)nc(-c3cc(S(=O)(=O)N4CCN(C)CC4)ccc3OCC)n(C(C(=O)O)C(O)(CC(=O)O)C(=O)O)c12. The van der Waals surface area contributed by atoms with Gasteiger partial charge in [0.05, 0.1) is 34.7 Å². The molecule has 4 rings (SSSR count). The Morgan fingerprint density at radius 2 is 1.70 bits per heavy atom. The molecule has 0 saturated carbocycles.